The Morgan fingerprint density at radius 3 is 2.75 bits per heavy atom. The summed E-state index contributed by atoms with van der Waals surface area (Å²) < 4.78 is 0. The number of ketones is 1. The lowest BCUT2D eigenvalue weighted by molar-refractivity contribution is -0.179. The Morgan fingerprint density at radius 1 is 1.67 bits per heavy atom. The molecule has 4 heteroatoms. The molecule has 1 aliphatic heterocycles. The molecule has 0 aromatic carbocycles. The van der Waals surface area contributed by atoms with Crippen LogP contribution in [0.4, 0.5) is 0 Å². The first-order valence-electron chi connectivity index (χ1n) is 4.10. The van der Waals surface area contributed by atoms with E-state index in [1.54, 1.807) is 0 Å². The Hall–Kier alpha value is -0.900. The predicted molar refractivity (Wildman–Crippen MR) is 40.1 cm³/mol. The van der Waals surface area contributed by atoms with Crippen LogP contribution >= 0.6 is 0 Å². The van der Waals surface area contributed by atoms with Crippen molar-refractivity contribution in [3.05, 3.63) is 0 Å². The number of amides is 1. The molecule has 0 bridgehead atoms. The summed E-state index contributed by atoms with van der Waals surface area (Å²) in [7, 11) is 0. The van der Waals surface area contributed by atoms with Crippen LogP contribution in [-0.2, 0) is 14.4 Å². The molecule has 0 N–H and O–H groups in total. The largest absolute Gasteiger partial charge is 0.298 e. The Balaban J connectivity index is 1.99. The van der Waals surface area contributed by atoms with Gasteiger partial charge in [0.15, 0.2) is 5.78 Å². The molecule has 0 atom stereocenters. The third kappa shape index (κ3) is 1.22. The molecule has 0 radical (unpaired) electrons. The number of hydrogen-bond acceptors (Lipinski definition) is 3. The van der Waals surface area contributed by atoms with Crippen molar-refractivity contribution < 1.29 is 14.4 Å². The molecule has 0 aromatic rings. The van der Waals surface area contributed by atoms with Crippen LogP contribution in [0.5, 0.6) is 0 Å². The fraction of sp³-hybridized carbons (Fsp3) is 0.750. The molecule has 2 fully saturated rings. The number of carbonyl (C=O) groups is 2. The van der Waals surface area contributed by atoms with Crippen LogP contribution in [0.1, 0.15) is 26.2 Å². The summed E-state index contributed by atoms with van der Waals surface area (Å²) in [6, 6.07) is 0. The predicted octanol–water partition coefficient (Wildman–Crippen LogP) is 0.272. The van der Waals surface area contributed by atoms with Crippen LogP contribution in [0.3, 0.4) is 0 Å². The minimum Gasteiger partial charge on any atom is -0.298 e. The van der Waals surface area contributed by atoms with Gasteiger partial charge in [0.1, 0.15) is 12.1 Å². The topological polar surface area (TPSA) is 46.6 Å². The summed E-state index contributed by atoms with van der Waals surface area (Å²) in [6.07, 6.45) is 2.36. The van der Waals surface area contributed by atoms with Gasteiger partial charge >= 0.3 is 0 Å². The highest BCUT2D eigenvalue weighted by molar-refractivity contribution is 5.85. The minimum atomic E-state index is -0.202. The molecular formula is C8H11NO3. The van der Waals surface area contributed by atoms with Crippen LogP contribution in [0.15, 0.2) is 0 Å². The van der Waals surface area contributed by atoms with Gasteiger partial charge in [-0.15, -0.1) is 0 Å². The van der Waals surface area contributed by atoms with E-state index < -0.39 is 0 Å². The first-order valence-corrected chi connectivity index (χ1v) is 4.10. The summed E-state index contributed by atoms with van der Waals surface area (Å²) in [5.74, 6) is -0.0937. The normalized spacial score (nSPS) is 25.1. The van der Waals surface area contributed by atoms with Crippen molar-refractivity contribution in [3.63, 3.8) is 0 Å². The molecule has 1 spiro atoms. The smallest absolute Gasteiger partial charge is 0.249 e. The van der Waals surface area contributed by atoms with Gasteiger partial charge in [0.25, 0.3) is 0 Å². The lowest BCUT2D eigenvalue weighted by atomic mass is 10.2. The van der Waals surface area contributed by atoms with E-state index in [0.717, 1.165) is 12.8 Å². The first kappa shape index (κ1) is 7.73. The minimum absolute atomic E-state index is 0.0407. The Kier molecular flexibility index (Phi) is 1.48. The zero-order valence-electron chi connectivity index (χ0n) is 7.00. The first-order chi connectivity index (χ1) is 5.61. The average molecular weight is 169 g/mol. The van der Waals surface area contributed by atoms with E-state index in [2.05, 4.69) is 0 Å². The number of rotatable bonds is 2. The summed E-state index contributed by atoms with van der Waals surface area (Å²) in [4.78, 5) is 27.3. The molecule has 1 amide bonds. The molecule has 1 aliphatic carbocycles. The van der Waals surface area contributed by atoms with Crippen molar-refractivity contribution in [2.75, 3.05) is 6.54 Å². The zero-order chi connectivity index (χ0) is 8.77. The van der Waals surface area contributed by atoms with E-state index in [1.807, 2.05) is 0 Å². The standard InChI is InChI=1S/C8H11NO3/c1-6(10)5-9-7(11)4-8(12-9)2-3-8/h2-5H2,1H3. The van der Waals surface area contributed by atoms with Crippen LogP contribution in [-0.4, -0.2) is 28.9 Å². The third-order valence-electron chi connectivity index (χ3n) is 2.23. The van der Waals surface area contributed by atoms with E-state index >= 15 is 0 Å². The van der Waals surface area contributed by atoms with Crippen molar-refractivity contribution in [2.24, 2.45) is 0 Å². The maximum Gasteiger partial charge on any atom is 0.249 e. The van der Waals surface area contributed by atoms with E-state index in [1.165, 1.54) is 12.0 Å². The van der Waals surface area contributed by atoms with Gasteiger partial charge in [0, 0.05) is 0 Å². The Morgan fingerprint density at radius 2 is 2.33 bits per heavy atom. The van der Waals surface area contributed by atoms with Gasteiger partial charge in [-0.1, -0.05) is 0 Å². The molecule has 66 valence electrons. The molecule has 1 heterocycles. The molecule has 0 unspecified atom stereocenters. The number of Topliss-reactive ketones (excluding diaryl/α,β-unsaturated/α-hetero) is 1. The second kappa shape index (κ2) is 2.29. The Bertz CT molecular complexity index is 245. The van der Waals surface area contributed by atoms with Crippen LogP contribution in [0.2, 0.25) is 0 Å². The fourth-order valence-electron chi connectivity index (χ4n) is 1.41. The molecule has 1 saturated heterocycles. The van der Waals surface area contributed by atoms with Crippen LogP contribution < -0.4 is 0 Å². The van der Waals surface area contributed by atoms with E-state index in [4.69, 9.17) is 4.84 Å². The lowest BCUT2D eigenvalue weighted by Crippen LogP contribution is -2.29. The van der Waals surface area contributed by atoms with E-state index in [0.29, 0.717) is 6.42 Å². The zero-order valence-corrected chi connectivity index (χ0v) is 7.00. The third-order valence-corrected chi connectivity index (χ3v) is 2.23. The molecule has 1 saturated carbocycles. The summed E-state index contributed by atoms with van der Waals surface area (Å²) in [5.41, 5.74) is -0.202. The molecule has 2 aliphatic rings. The average Bonchev–Trinajstić information content (AvgIpc) is 2.59. The van der Waals surface area contributed by atoms with E-state index in [-0.39, 0.29) is 23.8 Å². The second-order valence-corrected chi connectivity index (χ2v) is 3.58. The Labute approximate surface area is 70.4 Å². The van der Waals surface area contributed by atoms with Crippen LogP contribution in [0, 0.1) is 0 Å². The summed E-state index contributed by atoms with van der Waals surface area (Å²) >= 11 is 0. The number of hydrogen-bond donors (Lipinski definition) is 0. The number of hydroxylamine groups is 2. The van der Waals surface area contributed by atoms with E-state index in [9.17, 15) is 9.59 Å². The van der Waals surface area contributed by atoms with Crippen molar-refractivity contribution in [3.8, 4) is 0 Å². The van der Waals surface area contributed by atoms with Gasteiger partial charge in [0.05, 0.1) is 6.42 Å². The maximum absolute atomic E-state index is 11.2. The quantitative estimate of drug-likeness (QED) is 0.596. The monoisotopic (exact) mass is 169 g/mol. The highest BCUT2D eigenvalue weighted by Crippen LogP contribution is 2.47. The highest BCUT2D eigenvalue weighted by atomic mass is 16.7. The second-order valence-electron chi connectivity index (χ2n) is 3.58. The van der Waals surface area contributed by atoms with Crippen molar-refractivity contribution in [2.45, 2.75) is 31.8 Å². The van der Waals surface area contributed by atoms with Gasteiger partial charge in [-0.2, -0.15) is 0 Å². The van der Waals surface area contributed by atoms with Gasteiger partial charge in [0.2, 0.25) is 5.91 Å². The van der Waals surface area contributed by atoms with Crippen molar-refractivity contribution in [1.29, 1.82) is 0 Å². The van der Waals surface area contributed by atoms with Gasteiger partial charge < -0.3 is 0 Å². The maximum atomic E-state index is 11.2. The number of nitrogens with zero attached hydrogens (tertiary/aromatic N) is 1. The molecular weight excluding hydrogens is 158 g/mol. The highest BCUT2D eigenvalue weighted by Gasteiger charge is 2.54. The number of carbonyl (C=O) groups excluding carboxylic acids is 2. The van der Waals surface area contributed by atoms with Gasteiger partial charge in [-0.3, -0.25) is 14.4 Å². The molecule has 2 rings (SSSR count). The molecule has 12 heavy (non-hydrogen) atoms. The summed E-state index contributed by atoms with van der Waals surface area (Å²) in [6.45, 7) is 1.55. The van der Waals surface area contributed by atoms with Crippen LogP contribution in [0.25, 0.3) is 0 Å². The summed E-state index contributed by atoms with van der Waals surface area (Å²) in [5, 5.41) is 1.20. The fourth-order valence-corrected chi connectivity index (χ4v) is 1.41. The van der Waals surface area contributed by atoms with Crippen molar-refractivity contribution in [1.82, 2.24) is 5.06 Å². The van der Waals surface area contributed by atoms with Crippen molar-refractivity contribution >= 4 is 11.7 Å². The molecule has 0 aromatic heterocycles. The lowest BCUT2D eigenvalue weighted by Gasteiger charge is -2.13. The molecule has 4 nitrogen and oxygen atoms in total. The van der Waals surface area contributed by atoms with Gasteiger partial charge in [-0.05, 0) is 19.8 Å². The SMILES string of the molecule is CC(=O)CN1OC2(CC2)CC1=O. The van der Waals surface area contributed by atoms with Gasteiger partial charge in [-0.25, -0.2) is 5.06 Å².